The van der Waals surface area contributed by atoms with Crippen molar-refractivity contribution in [2.24, 2.45) is 0 Å². The molecule has 0 saturated heterocycles. The first-order chi connectivity index (χ1) is 8.33. The lowest BCUT2D eigenvalue weighted by molar-refractivity contribution is 1.36. The third-order valence-corrected chi connectivity index (χ3v) is 3.00. The summed E-state index contributed by atoms with van der Waals surface area (Å²) in [4.78, 5) is 4.08. The van der Waals surface area contributed by atoms with Gasteiger partial charge in [-0.25, -0.2) is 4.98 Å². The van der Waals surface area contributed by atoms with Gasteiger partial charge in [-0.2, -0.15) is 0 Å². The Balaban J connectivity index is 2.19. The molecule has 82 valence electrons. The van der Waals surface area contributed by atoms with Crippen molar-refractivity contribution in [1.82, 2.24) is 4.98 Å². The second-order valence-electron chi connectivity index (χ2n) is 3.93. The number of fused-ring (bicyclic) bond motifs is 1. The average molecular weight is 240 g/mol. The van der Waals surface area contributed by atoms with Crippen LogP contribution >= 0.6 is 11.6 Å². The first-order valence-electron chi connectivity index (χ1n) is 5.44. The fourth-order valence-corrected chi connectivity index (χ4v) is 2.09. The molecule has 2 aromatic carbocycles. The zero-order valence-corrected chi connectivity index (χ0v) is 9.85. The first-order valence-corrected chi connectivity index (χ1v) is 5.81. The maximum atomic E-state index is 5.91. The van der Waals surface area contributed by atoms with Crippen molar-refractivity contribution in [2.45, 2.75) is 0 Å². The number of halogens is 1. The average Bonchev–Trinajstić information content (AvgIpc) is 2.39. The molecule has 1 heterocycles. The SMILES string of the molecule is Clc1cc2cc(-c3ccccc3)ccc2cn1. The molecule has 0 spiro atoms. The predicted octanol–water partition coefficient (Wildman–Crippen LogP) is 4.56. The van der Waals surface area contributed by atoms with Crippen molar-refractivity contribution >= 4 is 22.4 Å². The Kier molecular flexibility index (Phi) is 2.54. The minimum absolute atomic E-state index is 0.530. The molecule has 0 bridgehead atoms. The fraction of sp³-hybridized carbons (Fsp3) is 0. The lowest BCUT2D eigenvalue weighted by Crippen LogP contribution is -1.80. The van der Waals surface area contributed by atoms with E-state index in [2.05, 4.69) is 35.3 Å². The van der Waals surface area contributed by atoms with Gasteiger partial charge in [-0.3, -0.25) is 0 Å². The van der Waals surface area contributed by atoms with E-state index in [1.54, 1.807) is 6.20 Å². The van der Waals surface area contributed by atoms with Gasteiger partial charge in [-0.1, -0.05) is 54.1 Å². The van der Waals surface area contributed by atoms with Gasteiger partial charge >= 0.3 is 0 Å². The number of aromatic nitrogens is 1. The highest BCUT2D eigenvalue weighted by Crippen LogP contribution is 2.25. The third kappa shape index (κ3) is 2.02. The van der Waals surface area contributed by atoms with Gasteiger partial charge in [0.25, 0.3) is 0 Å². The molecule has 0 radical (unpaired) electrons. The van der Waals surface area contributed by atoms with Gasteiger partial charge in [0.2, 0.25) is 0 Å². The summed E-state index contributed by atoms with van der Waals surface area (Å²) in [5.41, 5.74) is 2.41. The van der Waals surface area contributed by atoms with Crippen LogP contribution in [0.4, 0.5) is 0 Å². The minimum Gasteiger partial charge on any atom is -0.244 e. The van der Waals surface area contributed by atoms with Crippen molar-refractivity contribution < 1.29 is 0 Å². The summed E-state index contributed by atoms with van der Waals surface area (Å²) < 4.78 is 0. The molecule has 0 aliphatic carbocycles. The molecule has 0 atom stereocenters. The van der Waals surface area contributed by atoms with E-state index in [1.807, 2.05) is 24.3 Å². The molecule has 1 aromatic heterocycles. The molecule has 0 aliphatic heterocycles. The molecule has 2 heteroatoms. The molecule has 17 heavy (non-hydrogen) atoms. The number of hydrogen-bond donors (Lipinski definition) is 0. The summed E-state index contributed by atoms with van der Waals surface area (Å²) in [5, 5.41) is 2.75. The van der Waals surface area contributed by atoms with Crippen LogP contribution in [0.3, 0.4) is 0 Å². The zero-order chi connectivity index (χ0) is 11.7. The van der Waals surface area contributed by atoms with Crippen molar-refractivity contribution in [3.8, 4) is 11.1 Å². The quantitative estimate of drug-likeness (QED) is 0.568. The van der Waals surface area contributed by atoms with Crippen molar-refractivity contribution in [3.63, 3.8) is 0 Å². The van der Waals surface area contributed by atoms with E-state index in [0.29, 0.717) is 5.15 Å². The van der Waals surface area contributed by atoms with Gasteiger partial charge in [-0.15, -0.1) is 0 Å². The van der Waals surface area contributed by atoms with Gasteiger partial charge in [-0.05, 0) is 28.6 Å². The van der Waals surface area contributed by atoms with E-state index in [9.17, 15) is 0 Å². The molecule has 3 rings (SSSR count). The number of pyridine rings is 1. The van der Waals surface area contributed by atoms with Crippen LogP contribution < -0.4 is 0 Å². The Bertz CT molecular complexity index is 662. The maximum absolute atomic E-state index is 5.91. The highest BCUT2D eigenvalue weighted by atomic mass is 35.5. The largest absolute Gasteiger partial charge is 0.244 e. The Morgan fingerprint density at radius 3 is 2.41 bits per heavy atom. The highest BCUT2D eigenvalue weighted by molar-refractivity contribution is 6.30. The van der Waals surface area contributed by atoms with Gasteiger partial charge in [0.1, 0.15) is 5.15 Å². The molecule has 3 aromatic rings. The number of benzene rings is 2. The summed E-state index contributed by atoms with van der Waals surface area (Å²) in [6.45, 7) is 0. The lowest BCUT2D eigenvalue weighted by Gasteiger charge is -2.04. The van der Waals surface area contributed by atoms with Crippen LogP contribution in [0, 0.1) is 0 Å². The van der Waals surface area contributed by atoms with E-state index >= 15 is 0 Å². The summed E-state index contributed by atoms with van der Waals surface area (Å²) in [6, 6.07) is 18.5. The number of nitrogens with zero attached hydrogens (tertiary/aromatic N) is 1. The van der Waals surface area contributed by atoms with Crippen LogP contribution in [0.1, 0.15) is 0 Å². The molecule has 0 fully saturated rings. The standard InChI is InChI=1S/C15H10ClN/c16-15-9-14-8-12(6-7-13(14)10-17-15)11-4-2-1-3-5-11/h1-10H. The van der Waals surface area contributed by atoms with E-state index in [0.717, 1.165) is 10.8 Å². The van der Waals surface area contributed by atoms with Gasteiger partial charge in [0.05, 0.1) is 0 Å². The molecular formula is C15H10ClN. The van der Waals surface area contributed by atoms with Crippen molar-refractivity contribution in [3.05, 3.63) is 65.9 Å². The normalized spacial score (nSPS) is 10.6. The second kappa shape index (κ2) is 4.19. The second-order valence-corrected chi connectivity index (χ2v) is 4.32. The van der Waals surface area contributed by atoms with E-state index in [-0.39, 0.29) is 0 Å². The van der Waals surface area contributed by atoms with Crippen LogP contribution in [0.2, 0.25) is 5.15 Å². The molecule has 0 saturated carbocycles. The molecule has 1 nitrogen and oxygen atoms in total. The van der Waals surface area contributed by atoms with Gasteiger partial charge in [0, 0.05) is 11.6 Å². The van der Waals surface area contributed by atoms with Crippen LogP contribution in [0.15, 0.2) is 60.8 Å². The highest BCUT2D eigenvalue weighted by Gasteiger charge is 2.00. The maximum Gasteiger partial charge on any atom is 0.129 e. The summed E-state index contributed by atoms with van der Waals surface area (Å²) in [6.07, 6.45) is 1.80. The van der Waals surface area contributed by atoms with Crippen LogP contribution in [-0.4, -0.2) is 4.98 Å². The van der Waals surface area contributed by atoms with Crippen LogP contribution in [-0.2, 0) is 0 Å². The van der Waals surface area contributed by atoms with Crippen LogP contribution in [0.25, 0.3) is 21.9 Å². The number of hydrogen-bond acceptors (Lipinski definition) is 1. The minimum atomic E-state index is 0.530. The number of rotatable bonds is 1. The van der Waals surface area contributed by atoms with E-state index < -0.39 is 0 Å². The Morgan fingerprint density at radius 2 is 1.59 bits per heavy atom. The van der Waals surface area contributed by atoms with Gasteiger partial charge < -0.3 is 0 Å². The smallest absolute Gasteiger partial charge is 0.129 e. The predicted molar refractivity (Wildman–Crippen MR) is 72.2 cm³/mol. The van der Waals surface area contributed by atoms with Gasteiger partial charge in [0.15, 0.2) is 0 Å². The molecule has 0 unspecified atom stereocenters. The van der Waals surface area contributed by atoms with Crippen molar-refractivity contribution in [2.75, 3.05) is 0 Å². The van der Waals surface area contributed by atoms with E-state index in [4.69, 9.17) is 11.6 Å². The van der Waals surface area contributed by atoms with Crippen LogP contribution in [0.5, 0.6) is 0 Å². The topological polar surface area (TPSA) is 12.9 Å². The van der Waals surface area contributed by atoms with E-state index in [1.165, 1.54) is 11.1 Å². The molecule has 0 N–H and O–H groups in total. The molecule has 0 aliphatic rings. The molecule has 0 amide bonds. The first kappa shape index (κ1) is 10.3. The zero-order valence-electron chi connectivity index (χ0n) is 9.10. The summed E-state index contributed by atoms with van der Waals surface area (Å²) in [7, 11) is 0. The Labute approximate surface area is 105 Å². The summed E-state index contributed by atoms with van der Waals surface area (Å²) >= 11 is 5.91. The van der Waals surface area contributed by atoms with Crippen molar-refractivity contribution in [1.29, 1.82) is 0 Å². The third-order valence-electron chi connectivity index (χ3n) is 2.80. The Hall–Kier alpha value is -1.86. The lowest BCUT2D eigenvalue weighted by atomic mass is 10.0. The Morgan fingerprint density at radius 1 is 0.765 bits per heavy atom. The summed E-state index contributed by atoms with van der Waals surface area (Å²) in [5.74, 6) is 0. The molecular weight excluding hydrogens is 230 g/mol. The fourth-order valence-electron chi connectivity index (χ4n) is 1.92. The monoisotopic (exact) mass is 239 g/mol.